The zero-order valence-electron chi connectivity index (χ0n) is 15.4. The van der Waals surface area contributed by atoms with Crippen LogP contribution in [0.5, 0.6) is 0 Å². The monoisotopic (exact) mass is 353 g/mol. The number of rotatable bonds is 4. The van der Waals surface area contributed by atoms with Crippen LogP contribution in [0.2, 0.25) is 0 Å². The summed E-state index contributed by atoms with van der Waals surface area (Å²) >= 11 is 0. The highest BCUT2D eigenvalue weighted by Gasteiger charge is 2.46. The van der Waals surface area contributed by atoms with Gasteiger partial charge in [0.2, 0.25) is 0 Å². The van der Waals surface area contributed by atoms with Crippen molar-refractivity contribution in [2.45, 2.75) is 31.3 Å². The Hall–Kier alpha value is -1.91. The molecule has 2 aromatic rings. The molecule has 0 aromatic heterocycles. The molecule has 0 radical (unpaired) electrons. The van der Waals surface area contributed by atoms with Crippen LogP contribution in [0, 0.1) is 5.92 Å². The maximum absolute atomic E-state index is 13.0. The molecule has 1 spiro atoms. The van der Waals surface area contributed by atoms with E-state index in [0.717, 1.165) is 62.9 Å². The van der Waals surface area contributed by atoms with Crippen LogP contribution in [0.4, 0.5) is 0 Å². The Labute approximate surface area is 155 Å². The lowest BCUT2D eigenvalue weighted by molar-refractivity contribution is -0.0661. The molecule has 2 saturated heterocycles. The van der Waals surface area contributed by atoms with Gasteiger partial charge in [-0.1, -0.05) is 30.3 Å². The van der Waals surface area contributed by atoms with Gasteiger partial charge in [-0.25, -0.2) is 0 Å². The SMILES string of the molecule is COCC[C@H]1CCOC12CCN(C(=O)c1ccc3ccccc3c1)CC2. The van der Waals surface area contributed by atoms with Gasteiger partial charge in [0.05, 0.1) is 5.60 Å². The third-order valence-electron chi connectivity index (χ3n) is 6.16. The lowest BCUT2D eigenvalue weighted by Crippen LogP contribution is -2.49. The summed E-state index contributed by atoms with van der Waals surface area (Å²) in [5.74, 6) is 0.692. The fourth-order valence-corrected chi connectivity index (χ4v) is 4.60. The average molecular weight is 353 g/mol. The summed E-state index contributed by atoms with van der Waals surface area (Å²) in [6.45, 7) is 3.17. The standard InChI is InChI=1S/C22H27NO3/c1-25-14-8-20-9-15-26-22(20)10-12-23(13-11-22)21(24)19-7-6-17-4-2-3-5-18(17)16-19/h2-7,16,20H,8-15H2,1H3/t20-/m0/s1. The number of fused-ring (bicyclic) bond motifs is 1. The van der Waals surface area contributed by atoms with Crippen molar-refractivity contribution in [1.29, 1.82) is 0 Å². The van der Waals surface area contributed by atoms with Crippen molar-refractivity contribution in [1.82, 2.24) is 4.90 Å². The zero-order chi connectivity index (χ0) is 18.0. The van der Waals surface area contributed by atoms with Gasteiger partial charge in [0.15, 0.2) is 0 Å². The summed E-state index contributed by atoms with van der Waals surface area (Å²) in [6, 6.07) is 14.2. The molecule has 0 bridgehead atoms. The Bertz CT molecular complexity index is 780. The van der Waals surface area contributed by atoms with E-state index in [2.05, 4.69) is 12.1 Å². The molecule has 26 heavy (non-hydrogen) atoms. The minimum Gasteiger partial charge on any atom is -0.385 e. The number of hydrogen-bond donors (Lipinski definition) is 0. The number of ether oxygens (including phenoxy) is 2. The Morgan fingerprint density at radius 2 is 1.96 bits per heavy atom. The van der Waals surface area contributed by atoms with E-state index in [1.165, 1.54) is 5.39 Å². The van der Waals surface area contributed by atoms with Crippen LogP contribution in [0.1, 0.15) is 36.0 Å². The lowest BCUT2D eigenvalue weighted by Gasteiger charge is -2.42. The van der Waals surface area contributed by atoms with Gasteiger partial charge in [-0.15, -0.1) is 0 Å². The molecule has 0 N–H and O–H groups in total. The molecule has 4 rings (SSSR count). The summed E-state index contributed by atoms with van der Waals surface area (Å²) in [5, 5.41) is 2.28. The van der Waals surface area contributed by atoms with Crippen LogP contribution < -0.4 is 0 Å². The maximum Gasteiger partial charge on any atom is 0.253 e. The quantitative estimate of drug-likeness (QED) is 0.837. The average Bonchev–Trinajstić information content (AvgIpc) is 3.08. The fraction of sp³-hybridized carbons (Fsp3) is 0.500. The van der Waals surface area contributed by atoms with Gasteiger partial charge >= 0.3 is 0 Å². The van der Waals surface area contributed by atoms with Crippen molar-refractivity contribution in [3.8, 4) is 0 Å². The summed E-state index contributed by atoms with van der Waals surface area (Å²) in [5.41, 5.74) is 0.738. The second-order valence-electron chi connectivity index (χ2n) is 7.53. The molecule has 2 fully saturated rings. The molecule has 2 heterocycles. The number of hydrogen-bond acceptors (Lipinski definition) is 3. The Morgan fingerprint density at radius 1 is 1.19 bits per heavy atom. The smallest absolute Gasteiger partial charge is 0.253 e. The Balaban J connectivity index is 1.44. The highest BCUT2D eigenvalue weighted by molar-refractivity contribution is 5.98. The topological polar surface area (TPSA) is 38.8 Å². The first kappa shape index (κ1) is 17.5. The number of carbonyl (C=O) groups is 1. The molecule has 4 nitrogen and oxygen atoms in total. The van der Waals surface area contributed by atoms with Crippen LogP contribution in [0.3, 0.4) is 0 Å². The van der Waals surface area contributed by atoms with Gasteiger partial charge < -0.3 is 14.4 Å². The highest BCUT2D eigenvalue weighted by atomic mass is 16.5. The summed E-state index contributed by atoms with van der Waals surface area (Å²) in [6.07, 6.45) is 4.03. The number of amides is 1. The minimum absolute atomic E-state index is 0.0430. The van der Waals surface area contributed by atoms with Crippen LogP contribution in [-0.4, -0.2) is 49.8 Å². The molecule has 1 atom stereocenters. The normalized spacial score (nSPS) is 22.2. The summed E-state index contributed by atoms with van der Waals surface area (Å²) in [7, 11) is 1.76. The minimum atomic E-state index is -0.0430. The first-order valence-corrected chi connectivity index (χ1v) is 9.63. The molecule has 2 aliphatic rings. The van der Waals surface area contributed by atoms with Gasteiger partial charge in [-0.05, 0) is 54.5 Å². The number of carbonyl (C=O) groups excluding carboxylic acids is 1. The Morgan fingerprint density at radius 3 is 2.73 bits per heavy atom. The molecule has 138 valence electrons. The number of methoxy groups -OCH3 is 1. The first-order valence-electron chi connectivity index (χ1n) is 9.63. The summed E-state index contributed by atoms with van der Waals surface area (Å²) < 4.78 is 11.5. The van der Waals surface area contributed by atoms with Crippen molar-refractivity contribution < 1.29 is 14.3 Å². The number of piperidine rings is 1. The molecule has 2 aliphatic heterocycles. The van der Waals surface area contributed by atoms with Crippen LogP contribution >= 0.6 is 0 Å². The lowest BCUT2D eigenvalue weighted by atomic mass is 9.78. The van der Waals surface area contributed by atoms with E-state index < -0.39 is 0 Å². The van der Waals surface area contributed by atoms with E-state index in [4.69, 9.17) is 9.47 Å². The molecule has 1 amide bonds. The highest BCUT2D eigenvalue weighted by Crippen LogP contribution is 2.42. The van der Waals surface area contributed by atoms with Crippen molar-refractivity contribution >= 4 is 16.7 Å². The molecule has 0 unspecified atom stereocenters. The van der Waals surface area contributed by atoms with E-state index in [1.54, 1.807) is 7.11 Å². The van der Waals surface area contributed by atoms with Crippen molar-refractivity contribution in [2.75, 3.05) is 33.4 Å². The molecule has 4 heteroatoms. The van der Waals surface area contributed by atoms with Crippen molar-refractivity contribution in [3.05, 3.63) is 48.0 Å². The van der Waals surface area contributed by atoms with Gasteiger partial charge in [0.1, 0.15) is 0 Å². The predicted molar refractivity (Wildman–Crippen MR) is 102 cm³/mol. The third kappa shape index (κ3) is 3.24. The van der Waals surface area contributed by atoms with Crippen LogP contribution in [0.25, 0.3) is 10.8 Å². The van der Waals surface area contributed by atoms with Gasteiger partial charge in [0, 0.05) is 39.0 Å². The fourth-order valence-electron chi connectivity index (χ4n) is 4.60. The molecule has 2 aromatic carbocycles. The van der Waals surface area contributed by atoms with Gasteiger partial charge in [0.25, 0.3) is 5.91 Å². The molecule has 0 aliphatic carbocycles. The van der Waals surface area contributed by atoms with Crippen molar-refractivity contribution in [3.63, 3.8) is 0 Å². The number of likely N-dealkylation sites (tertiary alicyclic amines) is 1. The van der Waals surface area contributed by atoms with Gasteiger partial charge in [-0.3, -0.25) is 4.79 Å². The maximum atomic E-state index is 13.0. The van der Waals surface area contributed by atoms with E-state index in [9.17, 15) is 4.79 Å². The predicted octanol–water partition coefficient (Wildman–Crippen LogP) is 3.89. The molecular weight excluding hydrogens is 326 g/mol. The van der Waals surface area contributed by atoms with Crippen LogP contribution in [0.15, 0.2) is 42.5 Å². The second-order valence-corrected chi connectivity index (χ2v) is 7.53. The van der Waals surface area contributed by atoms with E-state index in [-0.39, 0.29) is 11.5 Å². The first-order chi connectivity index (χ1) is 12.7. The molecular formula is C22H27NO3. The zero-order valence-corrected chi connectivity index (χ0v) is 15.4. The van der Waals surface area contributed by atoms with Crippen molar-refractivity contribution in [2.24, 2.45) is 5.92 Å². The molecule has 0 saturated carbocycles. The Kier molecular flexibility index (Phi) is 4.96. The largest absolute Gasteiger partial charge is 0.385 e. The van der Waals surface area contributed by atoms with Crippen LogP contribution in [-0.2, 0) is 9.47 Å². The second kappa shape index (κ2) is 7.37. The third-order valence-corrected chi connectivity index (χ3v) is 6.16. The van der Waals surface area contributed by atoms with E-state index >= 15 is 0 Å². The van der Waals surface area contributed by atoms with E-state index in [1.807, 2.05) is 35.2 Å². The van der Waals surface area contributed by atoms with Gasteiger partial charge in [-0.2, -0.15) is 0 Å². The van der Waals surface area contributed by atoms with E-state index in [0.29, 0.717) is 5.92 Å². The number of nitrogens with zero attached hydrogens (tertiary/aromatic N) is 1. The number of benzene rings is 2. The summed E-state index contributed by atoms with van der Waals surface area (Å²) in [4.78, 5) is 15.0.